The van der Waals surface area contributed by atoms with Gasteiger partial charge in [0.25, 0.3) is 0 Å². The van der Waals surface area contributed by atoms with E-state index in [-0.39, 0.29) is 23.9 Å². The Hall–Kier alpha value is -2.27. The molecule has 1 amide bonds. The minimum absolute atomic E-state index is 0.0383. The summed E-state index contributed by atoms with van der Waals surface area (Å²) >= 11 is 0. The van der Waals surface area contributed by atoms with Gasteiger partial charge in [0.1, 0.15) is 5.82 Å². The fourth-order valence-electron chi connectivity index (χ4n) is 2.98. The van der Waals surface area contributed by atoms with E-state index in [2.05, 4.69) is 10.3 Å². The van der Waals surface area contributed by atoms with Crippen LogP contribution in [0.3, 0.4) is 0 Å². The molecule has 24 heavy (non-hydrogen) atoms. The number of halogens is 1. The summed E-state index contributed by atoms with van der Waals surface area (Å²) in [5.74, 6) is -0.323. The number of aryl methyl sites for hydroxylation is 1. The monoisotopic (exact) mass is 328 g/mol. The Kier molecular flexibility index (Phi) is 5.54. The van der Waals surface area contributed by atoms with Crippen molar-refractivity contribution < 1.29 is 13.9 Å². The van der Waals surface area contributed by atoms with Gasteiger partial charge in [0.15, 0.2) is 0 Å². The molecule has 0 aliphatic carbocycles. The molecule has 1 saturated heterocycles. The summed E-state index contributed by atoms with van der Waals surface area (Å²) in [7, 11) is 0. The first-order valence-corrected chi connectivity index (χ1v) is 8.28. The zero-order chi connectivity index (χ0) is 16.8. The van der Waals surface area contributed by atoms with Crippen LogP contribution in [0.25, 0.3) is 0 Å². The smallest absolute Gasteiger partial charge is 0.220 e. The molecular weight excluding hydrogens is 307 g/mol. The molecule has 5 heteroatoms. The summed E-state index contributed by atoms with van der Waals surface area (Å²) in [6.07, 6.45) is 6.32. The third-order valence-corrected chi connectivity index (χ3v) is 4.25. The summed E-state index contributed by atoms with van der Waals surface area (Å²) in [5.41, 5.74) is 1.90. The Bertz CT molecular complexity index is 655. The molecule has 2 atom stereocenters. The highest BCUT2D eigenvalue weighted by Gasteiger charge is 2.28. The number of nitrogens with one attached hydrogen (secondary N) is 1. The second-order valence-corrected chi connectivity index (χ2v) is 6.01. The topological polar surface area (TPSA) is 51.2 Å². The van der Waals surface area contributed by atoms with Crippen molar-refractivity contribution in [1.82, 2.24) is 10.3 Å². The first-order chi connectivity index (χ1) is 11.7. The third-order valence-electron chi connectivity index (χ3n) is 4.25. The minimum atomic E-state index is -0.284. The highest BCUT2D eigenvalue weighted by atomic mass is 19.1. The van der Waals surface area contributed by atoms with Crippen LogP contribution in [0.2, 0.25) is 0 Å². The number of ether oxygens (including phenoxy) is 1. The normalized spacial score (nSPS) is 18.3. The number of nitrogens with zero attached hydrogens (tertiary/aromatic N) is 1. The van der Waals surface area contributed by atoms with E-state index >= 15 is 0 Å². The van der Waals surface area contributed by atoms with Crippen LogP contribution in [0, 0.1) is 5.82 Å². The Balaban J connectivity index is 1.64. The molecule has 1 aliphatic rings. The maximum Gasteiger partial charge on any atom is 0.220 e. The number of amides is 1. The summed E-state index contributed by atoms with van der Waals surface area (Å²) in [5, 5.41) is 3.06. The van der Waals surface area contributed by atoms with Crippen molar-refractivity contribution in [1.29, 1.82) is 0 Å². The molecule has 0 saturated carbocycles. The summed E-state index contributed by atoms with van der Waals surface area (Å²) < 4.78 is 18.9. The predicted octanol–water partition coefficient (Wildman–Crippen LogP) is 3.19. The zero-order valence-corrected chi connectivity index (χ0v) is 13.5. The van der Waals surface area contributed by atoms with Gasteiger partial charge >= 0.3 is 0 Å². The molecule has 2 heterocycles. The Labute approximate surface area is 141 Å². The Morgan fingerprint density at radius 1 is 1.33 bits per heavy atom. The van der Waals surface area contributed by atoms with E-state index < -0.39 is 0 Å². The average Bonchev–Trinajstić information content (AvgIpc) is 3.14. The largest absolute Gasteiger partial charge is 0.376 e. The minimum Gasteiger partial charge on any atom is -0.376 e. The molecule has 0 bridgehead atoms. The lowest BCUT2D eigenvalue weighted by Crippen LogP contribution is -2.36. The van der Waals surface area contributed by atoms with Crippen LogP contribution in [-0.4, -0.2) is 23.6 Å². The number of hydrogen-bond donors (Lipinski definition) is 1. The van der Waals surface area contributed by atoms with Gasteiger partial charge in [0.05, 0.1) is 12.1 Å². The van der Waals surface area contributed by atoms with E-state index in [0.717, 1.165) is 24.0 Å². The average molecular weight is 328 g/mol. The number of carbonyl (C=O) groups is 1. The van der Waals surface area contributed by atoms with Crippen molar-refractivity contribution in [3.05, 3.63) is 65.7 Å². The fourth-order valence-corrected chi connectivity index (χ4v) is 2.98. The summed E-state index contributed by atoms with van der Waals surface area (Å²) in [6, 6.07) is 9.83. The molecular formula is C19H21FN2O2. The van der Waals surface area contributed by atoms with Crippen molar-refractivity contribution in [2.45, 2.75) is 37.8 Å². The number of hydrogen-bond acceptors (Lipinski definition) is 3. The molecule has 1 aliphatic heterocycles. The van der Waals surface area contributed by atoms with Crippen molar-refractivity contribution in [3.8, 4) is 0 Å². The number of pyridine rings is 1. The molecule has 126 valence electrons. The van der Waals surface area contributed by atoms with E-state index in [1.165, 1.54) is 12.1 Å². The highest BCUT2D eigenvalue weighted by Crippen LogP contribution is 2.27. The van der Waals surface area contributed by atoms with Gasteiger partial charge in [-0.2, -0.15) is 0 Å². The van der Waals surface area contributed by atoms with E-state index in [0.29, 0.717) is 19.4 Å². The van der Waals surface area contributed by atoms with Gasteiger partial charge in [-0.1, -0.05) is 18.2 Å². The van der Waals surface area contributed by atoms with Gasteiger partial charge in [-0.3, -0.25) is 9.78 Å². The molecule has 1 aromatic heterocycles. The standard InChI is InChI=1S/C19H21FN2O2/c20-16-8-6-15(7-9-16)19(17-4-2-12-24-17)22-18(23)10-5-14-3-1-11-21-13-14/h1,3,6-9,11,13,17,19H,2,4-5,10,12H2,(H,22,23)/t17-,19-/m0/s1. The molecule has 1 fully saturated rings. The number of aromatic nitrogens is 1. The second-order valence-electron chi connectivity index (χ2n) is 6.01. The van der Waals surface area contributed by atoms with Gasteiger partial charge in [0, 0.05) is 25.4 Å². The lowest BCUT2D eigenvalue weighted by atomic mass is 9.98. The van der Waals surface area contributed by atoms with Crippen molar-refractivity contribution in [2.75, 3.05) is 6.61 Å². The van der Waals surface area contributed by atoms with Crippen molar-refractivity contribution in [3.63, 3.8) is 0 Å². The van der Waals surface area contributed by atoms with Crippen LogP contribution in [0.1, 0.15) is 36.4 Å². The van der Waals surface area contributed by atoms with Crippen LogP contribution in [0.15, 0.2) is 48.8 Å². The van der Waals surface area contributed by atoms with Gasteiger partial charge in [-0.25, -0.2) is 4.39 Å². The number of carbonyl (C=O) groups excluding carboxylic acids is 1. The SMILES string of the molecule is O=C(CCc1cccnc1)N[C@@H](c1ccc(F)cc1)[C@@H]1CCCO1. The first-order valence-electron chi connectivity index (χ1n) is 8.28. The maximum atomic E-state index is 13.2. The fraction of sp³-hybridized carbons (Fsp3) is 0.368. The molecule has 0 radical (unpaired) electrons. The number of benzene rings is 1. The van der Waals surface area contributed by atoms with Crippen LogP contribution in [0.5, 0.6) is 0 Å². The van der Waals surface area contributed by atoms with Gasteiger partial charge in [0.2, 0.25) is 5.91 Å². The molecule has 3 rings (SSSR count). The number of rotatable bonds is 6. The van der Waals surface area contributed by atoms with Crippen LogP contribution in [-0.2, 0) is 16.0 Å². The van der Waals surface area contributed by atoms with Crippen molar-refractivity contribution in [2.24, 2.45) is 0 Å². The van der Waals surface area contributed by atoms with Crippen LogP contribution >= 0.6 is 0 Å². The van der Waals surface area contributed by atoms with Crippen LogP contribution in [0.4, 0.5) is 4.39 Å². The van der Waals surface area contributed by atoms with E-state index in [1.54, 1.807) is 24.5 Å². The van der Waals surface area contributed by atoms with Gasteiger partial charge in [-0.05, 0) is 48.6 Å². The predicted molar refractivity (Wildman–Crippen MR) is 88.8 cm³/mol. The maximum absolute atomic E-state index is 13.2. The quantitative estimate of drug-likeness (QED) is 0.886. The lowest BCUT2D eigenvalue weighted by Gasteiger charge is -2.25. The summed E-state index contributed by atoms with van der Waals surface area (Å²) in [4.78, 5) is 16.4. The van der Waals surface area contributed by atoms with Crippen LogP contribution < -0.4 is 5.32 Å². The second kappa shape index (κ2) is 8.02. The molecule has 1 aromatic carbocycles. The molecule has 0 unspecified atom stereocenters. The van der Waals surface area contributed by atoms with E-state index in [9.17, 15) is 9.18 Å². The van der Waals surface area contributed by atoms with E-state index in [1.807, 2.05) is 12.1 Å². The molecule has 2 aromatic rings. The Morgan fingerprint density at radius 3 is 2.83 bits per heavy atom. The molecule has 0 spiro atoms. The first kappa shape index (κ1) is 16.6. The van der Waals surface area contributed by atoms with E-state index in [4.69, 9.17) is 4.74 Å². The third kappa shape index (κ3) is 4.38. The molecule has 4 nitrogen and oxygen atoms in total. The lowest BCUT2D eigenvalue weighted by molar-refractivity contribution is -0.122. The Morgan fingerprint density at radius 2 is 2.17 bits per heavy atom. The highest BCUT2D eigenvalue weighted by molar-refractivity contribution is 5.76. The van der Waals surface area contributed by atoms with Gasteiger partial charge < -0.3 is 10.1 Å². The van der Waals surface area contributed by atoms with Crippen molar-refractivity contribution >= 4 is 5.91 Å². The molecule has 1 N–H and O–H groups in total. The summed E-state index contributed by atoms with van der Waals surface area (Å²) in [6.45, 7) is 0.702. The van der Waals surface area contributed by atoms with Gasteiger partial charge in [-0.15, -0.1) is 0 Å². The zero-order valence-electron chi connectivity index (χ0n) is 13.5.